The van der Waals surface area contributed by atoms with Gasteiger partial charge in [0.25, 0.3) is 0 Å². The highest BCUT2D eigenvalue weighted by atomic mass is 16.3. The highest BCUT2D eigenvalue weighted by Crippen LogP contribution is 1.93. The summed E-state index contributed by atoms with van der Waals surface area (Å²) in [6.07, 6.45) is -0.627. The molecule has 0 saturated heterocycles. The Morgan fingerprint density at radius 2 is 2.22 bits per heavy atom. The molecule has 0 spiro atoms. The van der Waals surface area contributed by atoms with Crippen molar-refractivity contribution in [2.75, 3.05) is 0 Å². The van der Waals surface area contributed by atoms with E-state index in [4.69, 9.17) is 10.8 Å². The van der Waals surface area contributed by atoms with E-state index in [1.54, 1.807) is 13.8 Å². The third-order valence-corrected chi connectivity index (χ3v) is 1.18. The van der Waals surface area contributed by atoms with Crippen LogP contribution in [0.3, 0.4) is 0 Å². The molecular formula is C6H13NO2. The fourth-order valence-electron chi connectivity index (χ4n) is 0.502. The van der Waals surface area contributed by atoms with Crippen molar-refractivity contribution in [3.8, 4) is 0 Å². The Morgan fingerprint density at radius 3 is 2.33 bits per heavy atom. The molecule has 0 bridgehead atoms. The number of Topliss-reactive ketones (excluding diaryl/α,β-unsaturated/α-hetero) is 1. The predicted molar refractivity (Wildman–Crippen MR) is 35.0 cm³/mol. The van der Waals surface area contributed by atoms with Gasteiger partial charge in [0.2, 0.25) is 0 Å². The monoisotopic (exact) mass is 131 g/mol. The summed E-state index contributed by atoms with van der Waals surface area (Å²) < 4.78 is 0. The molecule has 3 nitrogen and oxygen atoms in total. The summed E-state index contributed by atoms with van der Waals surface area (Å²) in [6.45, 7) is 3.31. The standard InChI is InChI=1S/C6H13NO2/c1-3-5(8)6(9)4(2)7/h4,6,9H,3,7H2,1-2H3. The molecule has 54 valence electrons. The van der Waals surface area contributed by atoms with Crippen LogP contribution in [-0.2, 0) is 4.79 Å². The molecule has 3 N–H and O–H groups in total. The molecule has 0 aromatic rings. The van der Waals surface area contributed by atoms with Gasteiger partial charge in [-0.3, -0.25) is 4.79 Å². The van der Waals surface area contributed by atoms with Crippen molar-refractivity contribution in [1.82, 2.24) is 0 Å². The summed E-state index contributed by atoms with van der Waals surface area (Å²) in [5, 5.41) is 8.92. The van der Waals surface area contributed by atoms with Crippen LogP contribution in [0.4, 0.5) is 0 Å². The summed E-state index contributed by atoms with van der Waals surface area (Å²) in [4.78, 5) is 10.6. The van der Waals surface area contributed by atoms with Gasteiger partial charge >= 0.3 is 0 Å². The van der Waals surface area contributed by atoms with E-state index in [0.717, 1.165) is 0 Å². The molecule has 0 saturated carbocycles. The van der Waals surface area contributed by atoms with Crippen molar-refractivity contribution in [1.29, 1.82) is 0 Å². The Balaban J connectivity index is 3.72. The molecule has 0 heterocycles. The van der Waals surface area contributed by atoms with Crippen molar-refractivity contribution in [3.63, 3.8) is 0 Å². The number of hydrogen-bond acceptors (Lipinski definition) is 3. The van der Waals surface area contributed by atoms with Gasteiger partial charge in [0.05, 0.1) is 0 Å². The number of carbonyl (C=O) groups is 1. The summed E-state index contributed by atoms with van der Waals surface area (Å²) in [7, 11) is 0. The van der Waals surface area contributed by atoms with E-state index in [1.807, 2.05) is 0 Å². The molecule has 0 amide bonds. The summed E-state index contributed by atoms with van der Waals surface area (Å²) >= 11 is 0. The smallest absolute Gasteiger partial charge is 0.162 e. The van der Waals surface area contributed by atoms with E-state index < -0.39 is 12.1 Å². The highest BCUT2D eigenvalue weighted by molar-refractivity contribution is 5.83. The number of ketones is 1. The van der Waals surface area contributed by atoms with E-state index in [2.05, 4.69) is 0 Å². The van der Waals surface area contributed by atoms with Crippen LogP contribution >= 0.6 is 0 Å². The van der Waals surface area contributed by atoms with Crippen molar-refractivity contribution < 1.29 is 9.90 Å². The summed E-state index contributed by atoms with van der Waals surface area (Å²) in [5.74, 6) is -0.190. The van der Waals surface area contributed by atoms with Gasteiger partial charge in [0, 0.05) is 12.5 Å². The minimum atomic E-state index is -0.977. The molecule has 0 aromatic heterocycles. The molecule has 0 fully saturated rings. The maximum absolute atomic E-state index is 10.6. The van der Waals surface area contributed by atoms with Crippen LogP contribution in [0, 0.1) is 0 Å². The second-order valence-electron chi connectivity index (χ2n) is 2.12. The Kier molecular flexibility index (Phi) is 3.42. The first-order valence-electron chi connectivity index (χ1n) is 3.06. The quantitative estimate of drug-likeness (QED) is 0.551. The average Bonchev–Trinajstić information content (AvgIpc) is 1.84. The van der Waals surface area contributed by atoms with Gasteiger partial charge in [-0.15, -0.1) is 0 Å². The van der Waals surface area contributed by atoms with Crippen LogP contribution in [0.5, 0.6) is 0 Å². The number of aliphatic hydroxyl groups excluding tert-OH is 1. The predicted octanol–water partition coefficient (Wildman–Crippen LogP) is -0.326. The van der Waals surface area contributed by atoms with Crippen LogP contribution in [0.15, 0.2) is 0 Å². The molecule has 0 aliphatic heterocycles. The van der Waals surface area contributed by atoms with Crippen LogP contribution < -0.4 is 5.73 Å². The van der Waals surface area contributed by atoms with Crippen LogP contribution in [0.1, 0.15) is 20.3 Å². The number of nitrogens with two attached hydrogens (primary N) is 1. The first-order chi connectivity index (χ1) is 4.09. The number of carbonyl (C=O) groups excluding carboxylic acids is 1. The number of rotatable bonds is 3. The van der Waals surface area contributed by atoms with Crippen molar-refractivity contribution >= 4 is 5.78 Å². The molecule has 0 radical (unpaired) electrons. The lowest BCUT2D eigenvalue weighted by molar-refractivity contribution is -0.127. The van der Waals surface area contributed by atoms with Gasteiger partial charge in [-0.2, -0.15) is 0 Å². The normalized spacial score (nSPS) is 16.9. The highest BCUT2D eigenvalue weighted by Gasteiger charge is 2.16. The fourth-order valence-corrected chi connectivity index (χ4v) is 0.502. The van der Waals surface area contributed by atoms with Gasteiger partial charge in [0.15, 0.2) is 5.78 Å². The Morgan fingerprint density at radius 1 is 1.78 bits per heavy atom. The second kappa shape index (κ2) is 3.58. The van der Waals surface area contributed by atoms with Crippen molar-refractivity contribution in [2.45, 2.75) is 32.4 Å². The van der Waals surface area contributed by atoms with E-state index in [0.29, 0.717) is 6.42 Å². The third kappa shape index (κ3) is 2.58. The van der Waals surface area contributed by atoms with Gasteiger partial charge in [0.1, 0.15) is 6.10 Å². The first kappa shape index (κ1) is 8.59. The maximum atomic E-state index is 10.6. The van der Waals surface area contributed by atoms with Gasteiger partial charge < -0.3 is 10.8 Å². The molecule has 0 aromatic carbocycles. The minimum absolute atomic E-state index is 0.190. The zero-order chi connectivity index (χ0) is 7.44. The molecule has 0 rings (SSSR count). The topological polar surface area (TPSA) is 63.3 Å². The van der Waals surface area contributed by atoms with E-state index in [1.165, 1.54) is 0 Å². The van der Waals surface area contributed by atoms with Crippen LogP contribution in [0.25, 0.3) is 0 Å². The average molecular weight is 131 g/mol. The molecule has 3 heteroatoms. The Hall–Kier alpha value is -0.410. The molecular weight excluding hydrogens is 118 g/mol. The van der Waals surface area contributed by atoms with Crippen LogP contribution in [0.2, 0.25) is 0 Å². The molecule has 9 heavy (non-hydrogen) atoms. The van der Waals surface area contributed by atoms with Crippen molar-refractivity contribution in [2.24, 2.45) is 5.73 Å². The maximum Gasteiger partial charge on any atom is 0.162 e. The zero-order valence-electron chi connectivity index (χ0n) is 5.79. The largest absolute Gasteiger partial charge is 0.384 e. The number of hydrogen-bond donors (Lipinski definition) is 2. The summed E-state index contributed by atoms with van der Waals surface area (Å²) in [5.41, 5.74) is 5.24. The summed E-state index contributed by atoms with van der Waals surface area (Å²) in [6, 6.07) is -0.447. The zero-order valence-corrected chi connectivity index (χ0v) is 5.79. The molecule has 2 unspecified atom stereocenters. The lowest BCUT2D eigenvalue weighted by Gasteiger charge is -2.10. The van der Waals surface area contributed by atoms with Gasteiger partial charge in [-0.05, 0) is 6.92 Å². The van der Waals surface area contributed by atoms with E-state index >= 15 is 0 Å². The van der Waals surface area contributed by atoms with Gasteiger partial charge in [-0.1, -0.05) is 6.92 Å². The molecule has 2 atom stereocenters. The first-order valence-corrected chi connectivity index (χ1v) is 3.06. The van der Waals surface area contributed by atoms with Gasteiger partial charge in [-0.25, -0.2) is 0 Å². The SMILES string of the molecule is CCC(=O)C(O)C(C)N. The second-order valence-corrected chi connectivity index (χ2v) is 2.12. The minimum Gasteiger partial charge on any atom is -0.384 e. The lowest BCUT2D eigenvalue weighted by Crippen LogP contribution is -2.37. The molecule has 0 aliphatic rings. The Labute approximate surface area is 54.9 Å². The molecule has 0 aliphatic carbocycles. The van der Waals surface area contributed by atoms with E-state index in [-0.39, 0.29) is 5.78 Å². The lowest BCUT2D eigenvalue weighted by atomic mass is 10.1. The van der Waals surface area contributed by atoms with Crippen LogP contribution in [-0.4, -0.2) is 23.0 Å². The van der Waals surface area contributed by atoms with E-state index in [9.17, 15) is 4.79 Å². The Bertz CT molecular complexity index is 101. The van der Waals surface area contributed by atoms with Crippen molar-refractivity contribution in [3.05, 3.63) is 0 Å². The fraction of sp³-hybridized carbons (Fsp3) is 0.833. The third-order valence-electron chi connectivity index (χ3n) is 1.18. The number of aliphatic hydroxyl groups is 1.